The summed E-state index contributed by atoms with van der Waals surface area (Å²) in [5, 5.41) is 0. The Hall–Kier alpha value is -1.38. The van der Waals surface area contributed by atoms with E-state index >= 15 is 0 Å². The minimum atomic E-state index is 0.674. The van der Waals surface area contributed by atoms with Gasteiger partial charge >= 0.3 is 0 Å². The van der Waals surface area contributed by atoms with E-state index in [1.165, 1.54) is 0 Å². The number of fused-ring (bicyclic) bond motifs is 2. The molecule has 2 rings (SSSR count). The average Bonchev–Trinajstić information content (AvgIpc) is 2.09. The van der Waals surface area contributed by atoms with E-state index in [1.807, 2.05) is 12.1 Å². The summed E-state index contributed by atoms with van der Waals surface area (Å²) in [7, 11) is 0. The molecule has 1 N–H and O–H groups in total. The first kappa shape index (κ1) is 4.49. The van der Waals surface area contributed by atoms with Gasteiger partial charge in [0, 0.05) is 12.1 Å². The molecule has 0 unspecified atom stereocenters. The minimum absolute atomic E-state index is 0.674. The van der Waals surface area contributed by atoms with Crippen LogP contribution in [0, 0.1) is 4.91 Å². The second-order valence-corrected chi connectivity index (χ2v) is 1.96. The Labute approximate surface area is 51.9 Å². The Morgan fingerprint density at radius 1 is 1.44 bits per heavy atom. The van der Waals surface area contributed by atoms with Crippen LogP contribution >= 0.6 is 0 Å². The van der Waals surface area contributed by atoms with Crippen LogP contribution in [0.25, 0.3) is 0 Å². The molecule has 1 aromatic rings. The third-order valence-electron chi connectivity index (χ3n) is 1.31. The van der Waals surface area contributed by atoms with E-state index in [1.54, 1.807) is 12.1 Å². The quantitative estimate of drug-likeness (QED) is 0.526. The monoisotopic (exact) mass is 121 g/mol. The van der Waals surface area contributed by atoms with Crippen LogP contribution in [0.3, 0.4) is 0 Å². The number of anilines is 1. The van der Waals surface area contributed by atoms with Crippen LogP contribution in [0.1, 0.15) is 0 Å². The number of nitrogens with zero attached hydrogens (tertiary/aromatic N) is 1. The first-order valence-corrected chi connectivity index (χ1v) is 2.70. The molecule has 0 radical (unpaired) electrons. The fraction of sp³-hybridized carbons (Fsp3) is 0. The Balaban J connectivity index is 2.69. The third kappa shape index (κ3) is 0.512. The van der Waals surface area contributed by atoms with Crippen LogP contribution in [0.15, 0.2) is 24.3 Å². The van der Waals surface area contributed by atoms with Gasteiger partial charge in [0.1, 0.15) is 5.69 Å². The van der Waals surface area contributed by atoms with E-state index < -0.39 is 0 Å². The highest BCUT2D eigenvalue weighted by molar-refractivity contribution is 5.53. The highest BCUT2D eigenvalue weighted by atomic mass is 16.3. The summed E-state index contributed by atoms with van der Waals surface area (Å²) in [5.41, 5.74) is 4.14. The van der Waals surface area contributed by atoms with Crippen molar-refractivity contribution in [2.75, 3.05) is 5.43 Å². The summed E-state index contributed by atoms with van der Waals surface area (Å²) < 4.78 is 0. The second kappa shape index (κ2) is 1.31. The van der Waals surface area contributed by atoms with Gasteiger partial charge in [0.05, 0.1) is 4.91 Å². The summed E-state index contributed by atoms with van der Waals surface area (Å²) in [5.74, 6) is 0. The lowest BCUT2D eigenvalue weighted by atomic mass is 10.3. The molecule has 3 heteroatoms. The van der Waals surface area contributed by atoms with E-state index in [0.717, 1.165) is 10.6 Å². The Morgan fingerprint density at radius 3 is 3.00 bits per heavy atom. The number of hydrogen-bond acceptors (Lipinski definition) is 1. The number of nitroso groups, excluding NO2 is 1. The Morgan fingerprint density at radius 2 is 2.33 bits per heavy atom. The number of benzene rings is 1. The third-order valence-corrected chi connectivity index (χ3v) is 1.31. The highest BCUT2D eigenvalue weighted by Gasteiger charge is 2.21. The lowest BCUT2D eigenvalue weighted by molar-refractivity contribution is -0.422. The van der Waals surface area contributed by atoms with Crippen molar-refractivity contribution < 1.29 is 4.87 Å². The molecule has 0 saturated carbocycles. The van der Waals surface area contributed by atoms with Crippen molar-refractivity contribution >= 4 is 11.4 Å². The smallest absolute Gasteiger partial charge is 0.114 e. The standard InChI is InChI=1S/C6H5N2O/c9-8-6-3-1-2-5(4-6)7-8/h1-4H,(H,7,9)/q+1. The van der Waals surface area contributed by atoms with Crippen molar-refractivity contribution in [1.29, 1.82) is 0 Å². The van der Waals surface area contributed by atoms with E-state index in [4.69, 9.17) is 0 Å². The van der Waals surface area contributed by atoms with Gasteiger partial charge in [-0.05, 0) is 6.07 Å². The van der Waals surface area contributed by atoms with Crippen molar-refractivity contribution in [3.8, 4) is 0 Å². The molecule has 0 fully saturated rings. The normalized spacial score (nSPS) is 13.6. The predicted octanol–water partition coefficient (Wildman–Crippen LogP) is 1.44. The predicted molar refractivity (Wildman–Crippen MR) is 33.4 cm³/mol. The maximum Gasteiger partial charge on any atom is 0.294 e. The van der Waals surface area contributed by atoms with Gasteiger partial charge in [-0.2, -0.15) is 0 Å². The van der Waals surface area contributed by atoms with Crippen LogP contribution in [0.2, 0.25) is 0 Å². The zero-order valence-corrected chi connectivity index (χ0v) is 4.66. The fourth-order valence-corrected chi connectivity index (χ4v) is 0.884. The van der Waals surface area contributed by atoms with E-state index in [0.29, 0.717) is 5.69 Å². The molecule has 44 valence electrons. The van der Waals surface area contributed by atoms with Crippen LogP contribution < -0.4 is 5.43 Å². The summed E-state index contributed by atoms with van der Waals surface area (Å²) in [6, 6.07) is 7.25. The summed E-state index contributed by atoms with van der Waals surface area (Å²) >= 11 is 0. The highest BCUT2D eigenvalue weighted by Crippen LogP contribution is 2.23. The maximum atomic E-state index is 10.7. The molecular formula is C6H5N2O+. The van der Waals surface area contributed by atoms with Gasteiger partial charge in [-0.3, -0.25) is 0 Å². The largest absolute Gasteiger partial charge is 0.294 e. The molecule has 1 heterocycles. The SMILES string of the molecule is O=[N+]1Nc2cccc1c2. The van der Waals surface area contributed by atoms with Gasteiger partial charge in [-0.25, -0.2) is 0 Å². The van der Waals surface area contributed by atoms with E-state index in [-0.39, 0.29) is 0 Å². The van der Waals surface area contributed by atoms with Crippen molar-refractivity contribution in [3.63, 3.8) is 0 Å². The molecule has 1 aliphatic heterocycles. The van der Waals surface area contributed by atoms with Gasteiger partial charge in [0.2, 0.25) is 0 Å². The molecular weight excluding hydrogens is 116 g/mol. The molecule has 2 bridgehead atoms. The van der Waals surface area contributed by atoms with Gasteiger partial charge in [-0.1, -0.05) is 6.07 Å². The van der Waals surface area contributed by atoms with Gasteiger partial charge < -0.3 is 0 Å². The lowest BCUT2D eigenvalue weighted by Crippen LogP contribution is -2.01. The van der Waals surface area contributed by atoms with Crippen molar-refractivity contribution in [2.24, 2.45) is 0 Å². The molecule has 0 spiro atoms. The summed E-state index contributed by atoms with van der Waals surface area (Å²) in [4.78, 5) is 11.4. The number of hydrazine groups is 1. The maximum absolute atomic E-state index is 10.7. The van der Waals surface area contributed by atoms with Gasteiger partial charge in [0.25, 0.3) is 5.69 Å². The molecule has 0 aliphatic carbocycles. The summed E-state index contributed by atoms with van der Waals surface area (Å²) in [6.07, 6.45) is 0. The van der Waals surface area contributed by atoms with E-state index in [2.05, 4.69) is 5.43 Å². The number of rotatable bonds is 0. The van der Waals surface area contributed by atoms with Crippen LogP contribution in [-0.2, 0) is 0 Å². The van der Waals surface area contributed by atoms with Crippen LogP contribution in [0.5, 0.6) is 0 Å². The molecule has 9 heavy (non-hydrogen) atoms. The van der Waals surface area contributed by atoms with E-state index in [9.17, 15) is 4.91 Å². The molecule has 3 nitrogen and oxygen atoms in total. The zero-order valence-electron chi connectivity index (χ0n) is 4.66. The molecule has 1 aromatic carbocycles. The first-order valence-electron chi connectivity index (χ1n) is 2.70. The molecule has 0 atom stereocenters. The minimum Gasteiger partial charge on any atom is -0.114 e. The lowest BCUT2D eigenvalue weighted by Gasteiger charge is -1.77. The zero-order chi connectivity index (χ0) is 6.27. The molecule has 1 aliphatic rings. The van der Waals surface area contributed by atoms with Crippen LogP contribution in [-0.4, -0.2) is 4.87 Å². The number of hydrogen-bond donors (Lipinski definition) is 1. The Kier molecular flexibility index (Phi) is 0.656. The summed E-state index contributed by atoms with van der Waals surface area (Å²) in [6.45, 7) is 0. The molecule has 0 aromatic heterocycles. The average molecular weight is 121 g/mol. The van der Waals surface area contributed by atoms with Crippen LogP contribution in [0.4, 0.5) is 11.4 Å². The topological polar surface area (TPSA) is 32.1 Å². The van der Waals surface area contributed by atoms with Crippen molar-refractivity contribution in [2.45, 2.75) is 0 Å². The van der Waals surface area contributed by atoms with Gasteiger partial charge in [0.15, 0.2) is 4.87 Å². The molecule has 0 amide bonds. The van der Waals surface area contributed by atoms with Crippen molar-refractivity contribution in [1.82, 2.24) is 0 Å². The Bertz CT molecular complexity index is 270. The fourth-order valence-electron chi connectivity index (χ4n) is 0.884. The molecule has 0 saturated heterocycles. The van der Waals surface area contributed by atoms with Gasteiger partial charge in [-0.15, -0.1) is 5.43 Å². The second-order valence-electron chi connectivity index (χ2n) is 1.96. The first-order chi connectivity index (χ1) is 4.36. The number of nitrogens with one attached hydrogen (secondary N) is 1. The van der Waals surface area contributed by atoms with Crippen molar-refractivity contribution in [3.05, 3.63) is 29.2 Å².